The molecule has 0 saturated heterocycles. The molecule has 148 valence electrons. The van der Waals surface area contributed by atoms with Crippen molar-refractivity contribution in [1.29, 1.82) is 0 Å². The molecule has 0 aliphatic carbocycles. The standard InChI is InChI=1S/C25H18N6/c1-15-12-19(14-22-23(15)31-25(30-22)17-6-10-27-11-7-17)18-2-3-20-21(13-18)29-24(28-20)16-4-8-26-9-5-16/h2-14H,1H3,(H,28,29)(H,30,31). The third-order valence-corrected chi connectivity index (χ3v) is 5.50. The number of pyridine rings is 2. The summed E-state index contributed by atoms with van der Waals surface area (Å²) in [5.74, 6) is 1.69. The lowest BCUT2D eigenvalue weighted by Gasteiger charge is -2.04. The number of nitrogens with one attached hydrogen (secondary N) is 2. The van der Waals surface area contributed by atoms with Crippen LogP contribution in [0.4, 0.5) is 0 Å². The molecule has 6 heteroatoms. The van der Waals surface area contributed by atoms with Crippen LogP contribution in [0.2, 0.25) is 0 Å². The molecule has 0 unspecified atom stereocenters. The molecule has 4 heterocycles. The molecule has 0 saturated carbocycles. The Kier molecular flexibility index (Phi) is 3.89. The van der Waals surface area contributed by atoms with Crippen LogP contribution in [0, 0.1) is 6.92 Å². The highest BCUT2D eigenvalue weighted by atomic mass is 14.9. The lowest BCUT2D eigenvalue weighted by Crippen LogP contribution is -1.83. The molecule has 0 aliphatic rings. The van der Waals surface area contributed by atoms with Crippen molar-refractivity contribution in [2.45, 2.75) is 6.92 Å². The number of rotatable bonds is 3. The summed E-state index contributed by atoms with van der Waals surface area (Å²) in [7, 11) is 0. The van der Waals surface area contributed by atoms with Gasteiger partial charge in [-0.15, -0.1) is 0 Å². The van der Waals surface area contributed by atoms with Crippen molar-refractivity contribution in [2.24, 2.45) is 0 Å². The average molecular weight is 402 g/mol. The second-order valence-corrected chi connectivity index (χ2v) is 7.56. The minimum Gasteiger partial charge on any atom is -0.338 e. The molecular formula is C25H18N6. The third-order valence-electron chi connectivity index (χ3n) is 5.50. The first-order valence-electron chi connectivity index (χ1n) is 10.1. The van der Waals surface area contributed by atoms with Crippen LogP contribution in [0.5, 0.6) is 0 Å². The zero-order chi connectivity index (χ0) is 20.8. The van der Waals surface area contributed by atoms with Gasteiger partial charge in [0.15, 0.2) is 0 Å². The van der Waals surface area contributed by atoms with E-state index in [0.717, 1.165) is 61.5 Å². The molecule has 2 N–H and O–H groups in total. The van der Waals surface area contributed by atoms with Crippen LogP contribution in [0.25, 0.3) is 56.0 Å². The number of imidazole rings is 2. The maximum Gasteiger partial charge on any atom is 0.138 e. The van der Waals surface area contributed by atoms with Crippen LogP contribution in [0.15, 0.2) is 79.4 Å². The largest absolute Gasteiger partial charge is 0.338 e. The Bertz CT molecular complexity index is 1530. The summed E-state index contributed by atoms with van der Waals surface area (Å²) in [6, 6.07) is 18.5. The fourth-order valence-electron chi connectivity index (χ4n) is 3.94. The van der Waals surface area contributed by atoms with E-state index in [9.17, 15) is 0 Å². The van der Waals surface area contributed by atoms with Crippen molar-refractivity contribution < 1.29 is 0 Å². The van der Waals surface area contributed by atoms with E-state index in [1.54, 1.807) is 24.8 Å². The molecule has 4 aromatic heterocycles. The van der Waals surface area contributed by atoms with Crippen molar-refractivity contribution in [3.8, 4) is 33.9 Å². The molecule has 0 spiro atoms. The summed E-state index contributed by atoms with van der Waals surface area (Å²) in [5, 5.41) is 0. The maximum atomic E-state index is 4.80. The van der Waals surface area contributed by atoms with Gasteiger partial charge in [0.25, 0.3) is 0 Å². The fraction of sp³-hybridized carbons (Fsp3) is 0.0400. The Balaban J connectivity index is 1.44. The topological polar surface area (TPSA) is 83.1 Å². The van der Waals surface area contributed by atoms with E-state index in [2.05, 4.69) is 57.2 Å². The van der Waals surface area contributed by atoms with Crippen molar-refractivity contribution in [2.75, 3.05) is 0 Å². The first-order chi connectivity index (χ1) is 15.2. The molecule has 31 heavy (non-hydrogen) atoms. The van der Waals surface area contributed by atoms with E-state index in [1.807, 2.05) is 24.3 Å². The van der Waals surface area contributed by atoms with Gasteiger partial charge in [0, 0.05) is 35.9 Å². The first kappa shape index (κ1) is 17.5. The van der Waals surface area contributed by atoms with Crippen LogP contribution in [0.1, 0.15) is 5.56 Å². The number of hydrogen-bond acceptors (Lipinski definition) is 4. The molecule has 6 nitrogen and oxygen atoms in total. The van der Waals surface area contributed by atoms with Gasteiger partial charge in [0.1, 0.15) is 11.6 Å². The molecule has 0 aliphatic heterocycles. The van der Waals surface area contributed by atoms with Gasteiger partial charge in [-0.25, -0.2) is 9.97 Å². The van der Waals surface area contributed by atoms with Crippen LogP contribution in [-0.2, 0) is 0 Å². The van der Waals surface area contributed by atoms with Gasteiger partial charge >= 0.3 is 0 Å². The summed E-state index contributed by atoms with van der Waals surface area (Å²) in [5.41, 5.74) is 9.36. The minimum atomic E-state index is 0.844. The lowest BCUT2D eigenvalue weighted by molar-refractivity contribution is 1.28. The van der Waals surface area contributed by atoms with Crippen LogP contribution in [-0.4, -0.2) is 29.9 Å². The van der Waals surface area contributed by atoms with Crippen LogP contribution < -0.4 is 0 Å². The molecule has 6 rings (SSSR count). The molecule has 0 fully saturated rings. The second kappa shape index (κ2) is 6.88. The quantitative estimate of drug-likeness (QED) is 0.407. The average Bonchev–Trinajstić information content (AvgIpc) is 3.44. The van der Waals surface area contributed by atoms with Gasteiger partial charge < -0.3 is 9.97 Å². The van der Waals surface area contributed by atoms with Crippen molar-refractivity contribution in [1.82, 2.24) is 29.9 Å². The lowest BCUT2D eigenvalue weighted by atomic mass is 10.0. The van der Waals surface area contributed by atoms with E-state index in [0.29, 0.717) is 0 Å². The highest BCUT2D eigenvalue weighted by Gasteiger charge is 2.11. The SMILES string of the molecule is Cc1cc(-c2ccc3[nH]c(-c4ccncc4)nc3c2)cc2[nH]c(-c3ccncc3)nc12. The highest BCUT2D eigenvalue weighted by molar-refractivity contribution is 5.90. The zero-order valence-corrected chi connectivity index (χ0v) is 16.8. The smallest absolute Gasteiger partial charge is 0.138 e. The number of nitrogens with zero attached hydrogens (tertiary/aromatic N) is 4. The number of aromatic nitrogens is 6. The molecule has 0 radical (unpaired) electrons. The Morgan fingerprint density at radius 1 is 0.581 bits per heavy atom. The van der Waals surface area contributed by atoms with E-state index >= 15 is 0 Å². The second-order valence-electron chi connectivity index (χ2n) is 7.56. The summed E-state index contributed by atoms with van der Waals surface area (Å²) in [6.45, 7) is 2.09. The molecule has 6 aromatic rings. The van der Waals surface area contributed by atoms with Crippen molar-refractivity contribution >= 4 is 22.1 Å². The summed E-state index contributed by atoms with van der Waals surface area (Å²) in [4.78, 5) is 24.6. The Labute approximate surface area is 178 Å². The molecular weight excluding hydrogens is 384 g/mol. The van der Waals surface area contributed by atoms with Crippen LogP contribution >= 0.6 is 0 Å². The number of aromatic amines is 2. The number of fused-ring (bicyclic) bond motifs is 2. The van der Waals surface area contributed by atoms with Gasteiger partial charge in [-0.2, -0.15) is 0 Å². The molecule has 0 atom stereocenters. The monoisotopic (exact) mass is 402 g/mol. The number of benzene rings is 2. The molecule has 2 aromatic carbocycles. The Morgan fingerprint density at radius 3 is 1.94 bits per heavy atom. The van der Waals surface area contributed by atoms with Gasteiger partial charge in [-0.3, -0.25) is 9.97 Å². The van der Waals surface area contributed by atoms with E-state index < -0.39 is 0 Å². The van der Waals surface area contributed by atoms with Crippen molar-refractivity contribution in [3.63, 3.8) is 0 Å². The summed E-state index contributed by atoms with van der Waals surface area (Å²) in [6.07, 6.45) is 7.10. The number of hydrogen-bond donors (Lipinski definition) is 2. The predicted octanol–water partition coefficient (Wildman–Crippen LogP) is 5.54. The van der Waals surface area contributed by atoms with Crippen molar-refractivity contribution in [3.05, 3.63) is 84.9 Å². The van der Waals surface area contributed by atoms with Gasteiger partial charge in [0.2, 0.25) is 0 Å². The maximum absolute atomic E-state index is 4.80. The van der Waals surface area contributed by atoms with E-state index in [4.69, 9.17) is 9.97 Å². The Hall–Kier alpha value is -4.32. The number of H-pyrrole nitrogens is 2. The highest BCUT2D eigenvalue weighted by Crippen LogP contribution is 2.30. The fourth-order valence-corrected chi connectivity index (χ4v) is 3.94. The molecule has 0 bridgehead atoms. The van der Waals surface area contributed by atoms with Gasteiger partial charge in [0.05, 0.1) is 22.1 Å². The van der Waals surface area contributed by atoms with Gasteiger partial charge in [-0.1, -0.05) is 6.07 Å². The first-order valence-corrected chi connectivity index (χ1v) is 10.1. The normalized spacial score (nSPS) is 11.4. The van der Waals surface area contributed by atoms with E-state index in [-0.39, 0.29) is 0 Å². The Morgan fingerprint density at radius 2 is 1.23 bits per heavy atom. The predicted molar refractivity (Wildman–Crippen MR) is 122 cm³/mol. The number of aryl methyl sites for hydroxylation is 1. The summed E-state index contributed by atoms with van der Waals surface area (Å²) < 4.78 is 0. The minimum absolute atomic E-state index is 0.844. The summed E-state index contributed by atoms with van der Waals surface area (Å²) >= 11 is 0. The van der Waals surface area contributed by atoms with E-state index in [1.165, 1.54) is 0 Å². The molecule has 0 amide bonds. The van der Waals surface area contributed by atoms with Gasteiger partial charge in [-0.05, 0) is 72.1 Å². The van der Waals surface area contributed by atoms with Crippen LogP contribution in [0.3, 0.4) is 0 Å². The zero-order valence-electron chi connectivity index (χ0n) is 16.8. The third kappa shape index (κ3) is 3.05.